The molecule has 1 aromatic heterocycles. The fourth-order valence-electron chi connectivity index (χ4n) is 1.83. The average Bonchev–Trinajstić information content (AvgIpc) is 2.26. The zero-order valence-corrected chi connectivity index (χ0v) is 12.8. The Bertz CT molecular complexity index is 502. The summed E-state index contributed by atoms with van der Waals surface area (Å²) in [4.78, 5) is 18.3. The van der Waals surface area contributed by atoms with Gasteiger partial charge in [0.1, 0.15) is 0 Å². The third-order valence-corrected chi connectivity index (χ3v) is 2.62. The summed E-state index contributed by atoms with van der Waals surface area (Å²) in [6.07, 6.45) is 2.69. The number of aliphatic imine (C=N–C) groups is 1. The Morgan fingerprint density at radius 2 is 2.06 bits per heavy atom. The van der Waals surface area contributed by atoms with E-state index in [-0.39, 0.29) is 5.56 Å². The third kappa shape index (κ3) is 4.61. The monoisotopic (exact) mass is 310 g/mol. The Morgan fingerprint density at radius 3 is 2.50 bits per heavy atom. The summed E-state index contributed by atoms with van der Waals surface area (Å²) in [7, 11) is 0. The van der Waals surface area contributed by atoms with Crippen molar-refractivity contribution in [2.45, 2.75) is 34.1 Å². The molecule has 3 nitrogen and oxygen atoms in total. The molecule has 0 aromatic carbocycles. The Morgan fingerprint density at radius 1 is 1.39 bits per heavy atom. The van der Waals surface area contributed by atoms with Crippen LogP contribution >= 0.6 is 15.9 Å². The van der Waals surface area contributed by atoms with Crippen LogP contribution in [-0.4, -0.2) is 9.60 Å². The maximum Gasteiger partial charge on any atom is 0.247 e. The average molecular weight is 311 g/mol. The number of aromatic amines is 1. The van der Waals surface area contributed by atoms with Gasteiger partial charge in [-0.3, -0.25) is 4.79 Å². The van der Waals surface area contributed by atoms with Crippen molar-refractivity contribution in [2.24, 2.45) is 10.9 Å². The third-order valence-electron chi connectivity index (χ3n) is 2.44. The second-order valence-electron chi connectivity index (χ2n) is 4.78. The lowest BCUT2D eigenvalue weighted by atomic mass is 10.00. The molecule has 0 aliphatic heterocycles. The fraction of sp³-hybridized carbons (Fsp3) is 0.429. The molecule has 1 rings (SSSR count). The molecule has 1 heterocycles. The fourth-order valence-corrected chi connectivity index (χ4v) is 2.00. The van der Waals surface area contributed by atoms with Crippen molar-refractivity contribution in [2.75, 3.05) is 0 Å². The molecule has 1 N–H and O–H groups in total. The van der Waals surface area contributed by atoms with Crippen LogP contribution in [0.25, 0.3) is 5.70 Å². The van der Waals surface area contributed by atoms with E-state index in [2.05, 4.69) is 46.7 Å². The zero-order chi connectivity index (χ0) is 13.7. The Balaban J connectivity index is 3.25. The van der Waals surface area contributed by atoms with Gasteiger partial charge in [0, 0.05) is 17.8 Å². The van der Waals surface area contributed by atoms with Crippen molar-refractivity contribution in [1.82, 2.24) is 4.98 Å². The maximum absolute atomic E-state index is 11.1. The molecule has 0 spiro atoms. The molecule has 1 aromatic rings. The van der Waals surface area contributed by atoms with E-state index in [0.717, 1.165) is 22.3 Å². The summed E-state index contributed by atoms with van der Waals surface area (Å²) < 4.78 is 0.826. The highest BCUT2D eigenvalue weighted by Crippen LogP contribution is 2.24. The minimum Gasteiger partial charge on any atom is -0.328 e. The van der Waals surface area contributed by atoms with Crippen LogP contribution in [-0.2, 0) is 0 Å². The number of nitrogens with one attached hydrogen (secondary N) is 1. The van der Waals surface area contributed by atoms with E-state index in [9.17, 15) is 4.79 Å². The van der Waals surface area contributed by atoms with Gasteiger partial charge >= 0.3 is 0 Å². The molecular weight excluding hydrogens is 292 g/mol. The van der Waals surface area contributed by atoms with Crippen molar-refractivity contribution < 1.29 is 0 Å². The number of allylic oxidation sites excluding steroid dienone is 1. The lowest BCUT2D eigenvalue weighted by Crippen LogP contribution is -2.03. The first-order valence-electron chi connectivity index (χ1n) is 5.99. The SMILES string of the molecule is CC(Br)=N/C(=C(\C)CC(C)C)c1ccc(=O)[nH]c1. The Hall–Kier alpha value is -1.16. The van der Waals surface area contributed by atoms with Crippen LogP contribution in [0.4, 0.5) is 0 Å². The van der Waals surface area contributed by atoms with Crippen LogP contribution in [0.3, 0.4) is 0 Å². The van der Waals surface area contributed by atoms with Gasteiger partial charge in [-0.05, 0) is 53.8 Å². The number of hydrogen-bond acceptors (Lipinski definition) is 2. The molecule has 0 saturated carbocycles. The molecule has 0 aliphatic carbocycles. The Labute approximate surface area is 116 Å². The number of pyridine rings is 1. The van der Waals surface area contributed by atoms with Crippen molar-refractivity contribution in [3.8, 4) is 0 Å². The minimum absolute atomic E-state index is 0.0980. The van der Waals surface area contributed by atoms with Crippen molar-refractivity contribution in [3.63, 3.8) is 0 Å². The topological polar surface area (TPSA) is 45.2 Å². The predicted molar refractivity (Wildman–Crippen MR) is 81.1 cm³/mol. The van der Waals surface area contributed by atoms with Crippen LogP contribution in [0.5, 0.6) is 0 Å². The van der Waals surface area contributed by atoms with Gasteiger partial charge in [0.2, 0.25) is 5.56 Å². The van der Waals surface area contributed by atoms with Crippen molar-refractivity contribution in [1.29, 1.82) is 0 Å². The highest BCUT2D eigenvalue weighted by atomic mass is 79.9. The van der Waals surface area contributed by atoms with Crippen molar-refractivity contribution >= 4 is 26.2 Å². The molecular formula is C14H19BrN2O. The number of H-pyrrole nitrogens is 1. The molecule has 0 saturated heterocycles. The second-order valence-corrected chi connectivity index (χ2v) is 5.93. The quantitative estimate of drug-likeness (QED) is 0.840. The summed E-state index contributed by atoms with van der Waals surface area (Å²) in [5, 5.41) is 0. The van der Waals surface area contributed by atoms with E-state index < -0.39 is 0 Å². The van der Waals surface area contributed by atoms with Crippen molar-refractivity contribution in [3.05, 3.63) is 39.8 Å². The van der Waals surface area contributed by atoms with Gasteiger partial charge in [0.15, 0.2) is 0 Å². The first-order chi connectivity index (χ1) is 8.40. The van der Waals surface area contributed by atoms with Crippen LogP contribution in [0, 0.1) is 5.92 Å². The van der Waals surface area contributed by atoms with E-state index >= 15 is 0 Å². The minimum atomic E-state index is -0.0980. The zero-order valence-electron chi connectivity index (χ0n) is 11.2. The molecule has 0 amide bonds. The number of nitrogens with zero attached hydrogens (tertiary/aromatic N) is 1. The lowest BCUT2D eigenvalue weighted by molar-refractivity contribution is 0.643. The molecule has 0 bridgehead atoms. The molecule has 0 atom stereocenters. The first kappa shape index (κ1) is 14.9. The maximum atomic E-state index is 11.1. The summed E-state index contributed by atoms with van der Waals surface area (Å²) >= 11 is 3.37. The molecule has 0 unspecified atom stereocenters. The van der Waals surface area contributed by atoms with E-state index in [1.165, 1.54) is 11.6 Å². The molecule has 98 valence electrons. The van der Waals surface area contributed by atoms with Gasteiger partial charge in [-0.15, -0.1) is 0 Å². The second kappa shape index (κ2) is 6.69. The lowest BCUT2D eigenvalue weighted by Gasteiger charge is -2.10. The highest BCUT2D eigenvalue weighted by Gasteiger charge is 2.07. The van der Waals surface area contributed by atoms with Gasteiger partial charge < -0.3 is 4.98 Å². The van der Waals surface area contributed by atoms with Gasteiger partial charge in [0.05, 0.1) is 10.3 Å². The van der Waals surface area contributed by atoms with Crippen LogP contribution in [0.2, 0.25) is 0 Å². The summed E-state index contributed by atoms with van der Waals surface area (Å²) in [5.41, 5.74) is 2.98. The normalized spacial score (nSPS) is 13.8. The molecule has 18 heavy (non-hydrogen) atoms. The van der Waals surface area contributed by atoms with E-state index in [1.54, 1.807) is 12.3 Å². The number of aromatic nitrogens is 1. The van der Waals surface area contributed by atoms with E-state index in [0.29, 0.717) is 5.92 Å². The number of halogens is 1. The van der Waals surface area contributed by atoms with E-state index in [4.69, 9.17) is 0 Å². The number of rotatable bonds is 4. The van der Waals surface area contributed by atoms with E-state index in [1.807, 2.05) is 6.92 Å². The molecule has 4 heteroatoms. The molecule has 0 aliphatic rings. The summed E-state index contributed by atoms with van der Waals surface area (Å²) in [5.74, 6) is 0.577. The van der Waals surface area contributed by atoms with Gasteiger partial charge in [-0.25, -0.2) is 4.99 Å². The van der Waals surface area contributed by atoms with Crippen LogP contribution in [0.15, 0.2) is 33.7 Å². The predicted octanol–water partition coefficient (Wildman–Crippen LogP) is 3.97. The number of hydrogen-bond donors (Lipinski definition) is 1. The van der Waals surface area contributed by atoms with Crippen LogP contribution < -0.4 is 5.56 Å². The van der Waals surface area contributed by atoms with Gasteiger partial charge in [-0.2, -0.15) is 0 Å². The highest BCUT2D eigenvalue weighted by molar-refractivity contribution is 9.18. The smallest absolute Gasteiger partial charge is 0.247 e. The molecule has 0 fully saturated rings. The largest absolute Gasteiger partial charge is 0.328 e. The summed E-state index contributed by atoms with van der Waals surface area (Å²) in [6.45, 7) is 8.34. The Kier molecular flexibility index (Phi) is 5.54. The van der Waals surface area contributed by atoms with Gasteiger partial charge in [0.25, 0.3) is 0 Å². The van der Waals surface area contributed by atoms with Gasteiger partial charge in [-0.1, -0.05) is 13.8 Å². The molecule has 0 radical (unpaired) electrons. The van der Waals surface area contributed by atoms with Crippen LogP contribution in [0.1, 0.15) is 39.7 Å². The first-order valence-corrected chi connectivity index (χ1v) is 6.79. The summed E-state index contributed by atoms with van der Waals surface area (Å²) in [6, 6.07) is 3.33. The standard InChI is InChI=1S/C14H19BrN2O/c1-9(2)7-10(3)14(17-11(4)15)12-5-6-13(18)16-8-12/h5-6,8-9H,7H2,1-4H3,(H,16,18)/b14-10+,17-11?.